The minimum absolute atomic E-state index is 0.355. The largest absolute Gasteiger partial charge is 0.374 e. The summed E-state index contributed by atoms with van der Waals surface area (Å²) in [5.74, 6) is 0.914. The molecule has 2 heteroatoms. The third-order valence-corrected chi connectivity index (χ3v) is 5.76. The van der Waals surface area contributed by atoms with Crippen molar-refractivity contribution in [2.45, 2.75) is 84.0 Å². The van der Waals surface area contributed by atoms with E-state index in [-0.39, 0.29) is 0 Å². The standard InChI is InChI=1S/C16H31NO/c1-5-12-8-7-9-13(10-12)18-15-11-14(17-4)16(15,3)6-2/h12-15,17H,5-11H2,1-4H3. The van der Waals surface area contributed by atoms with Crippen LogP contribution in [0.3, 0.4) is 0 Å². The van der Waals surface area contributed by atoms with Crippen molar-refractivity contribution in [1.82, 2.24) is 5.32 Å². The molecule has 0 aromatic heterocycles. The lowest BCUT2D eigenvalue weighted by atomic mass is 9.61. The molecule has 18 heavy (non-hydrogen) atoms. The summed E-state index contributed by atoms with van der Waals surface area (Å²) in [6.07, 6.45) is 10.2. The van der Waals surface area contributed by atoms with Crippen molar-refractivity contribution in [3.8, 4) is 0 Å². The van der Waals surface area contributed by atoms with E-state index in [4.69, 9.17) is 4.74 Å². The number of nitrogens with one attached hydrogen (secondary N) is 1. The van der Waals surface area contributed by atoms with Crippen molar-refractivity contribution < 1.29 is 4.74 Å². The van der Waals surface area contributed by atoms with Crippen LogP contribution in [-0.2, 0) is 4.74 Å². The molecule has 1 N–H and O–H groups in total. The third-order valence-electron chi connectivity index (χ3n) is 5.76. The van der Waals surface area contributed by atoms with Gasteiger partial charge in [-0.1, -0.05) is 40.0 Å². The quantitative estimate of drug-likeness (QED) is 0.805. The maximum atomic E-state index is 6.46. The average Bonchev–Trinajstić information content (AvgIpc) is 2.42. The Kier molecular flexibility index (Phi) is 4.71. The van der Waals surface area contributed by atoms with E-state index in [9.17, 15) is 0 Å². The molecular formula is C16H31NO. The molecule has 106 valence electrons. The van der Waals surface area contributed by atoms with Gasteiger partial charge in [-0.2, -0.15) is 0 Å². The molecule has 0 aromatic rings. The van der Waals surface area contributed by atoms with Gasteiger partial charge in [-0.15, -0.1) is 0 Å². The maximum Gasteiger partial charge on any atom is 0.0662 e. The molecule has 0 amide bonds. The summed E-state index contributed by atoms with van der Waals surface area (Å²) in [7, 11) is 2.09. The number of hydrogen-bond acceptors (Lipinski definition) is 2. The van der Waals surface area contributed by atoms with Crippen LogP contribution in [0, 0.1) is 11.3 Å². The fourth-order valence-electron chi connectivity index (χ4n) is 3.92. The summed E-state index contributed by atoms with van der Waals surface area (Å²) in [5.41, 5.74) is 0.355. The minimum atomic E-state index is 0.355. The molecule has 0 spiro atoms. The van der Waals surface area contributed by atoms with E-state index < -0.39 is 0 Å². The Hall–Kier alpha value is -0.0800. The van der Waals surface area contributed by atoms with Gasteiger partial charge in [0.05, 0.1) is 12.2 Å². The van der Waals surface area contributed by atoms with E-state index in [0.717, 1.165) is 5.92 Å². The predicted molar refractivity (Wildman–Crippen MR) is 76.8 cm³/mol. The maximum absolute atomic E-state index is 6.46. The minimum Gasteiger partial charge on any atom is -0.374 e. The highest BCUT2D eigenvalue weighted by Crippen LogP contribution is 2.47. The summed E-state index contributed by atoms with van der Waals surface area (Å²) in [6, 6.07) is 0.651. The van der Waals surface area contributed by atoms with Gasteiger partial charge in [-0.3, -0.25) is 0 Å². The molecule has 2 rings (SSSR count). The lowest BCUT2D eigenvalue weighted by molar-refractivity contribution is -0.165. The molecule has 0 bridgehead atoms. The van der Waals surface area contributed by atoms with Gasteiger partial charge in [0.15, 0.2) is 0 Å². The SMILES string of the molecule is CCC1CCCC(OC2CC(NC)C2(C)CC)C1. The summed E-state index contributed by atoms with van der Waals surface area (Å²) >= 11 is 0. The van der Waals surface area contributed by atoms with Crippen LogP contribution >= 0.6 is 0 Å². The van der Waals surface area contributed by atoms with Crippen LogP contribution in [-0.4, -0.2) is 25.3 Å². The van der Waals surface area contributed by atoms with Crippen LogP contribution in [0.4, 0.5) is 0 Å². The predicted octanol–water partition coefficient (Wildman–Crippen LogP) is 3.75. The number of ether oxygens (including phenoxy) is 1. The molecule has 2 aliphatic rings. The smallest absolute Gasteiger partial charge is 0.0662 e. The zero-order chi connectivity index (χ0) is 13.2. The Morgan fingerprint density at radius 1 is 1.22 bits per heavy atom. The second-order valence-corrected chi connectivity index (χ2v) is 6.62. The van der Waals surface area contributed by atoms with E-state index in [1.807, 2.05) is 0 Å². The van der Waals surface area contributed by atoms with Gasteiger partial charge in [0.25, 0.3) is 0 Å². The Labute approximate surface area is 113 Å². The molecule has 2 saturated carbocycles. The van der Waals surface area contributed by atoms with E-state index in [0.29, 0.717) is 23.7 Å². The van der Waals surface area contributed by atoms with Crippen LogP contribution in [0.5, 0.6) is 0 Å². The highest BCUT2D eigenvalue weighted by atomic mass is 16.5. The molecule has 5 unspecified atom stereocenters. The zero-order valence-corrected chi connectivity index (χ0v) is 12.7. The van der Waals surface area contributed by atoms with E-state index >= 15 is 0 Å². The van der Waals surface area contributed by atoms with Crippen molar-refractivity contribution in [1.29, 1.82) is 0 Å². The molecule has 2 nitrogen and oxygen atoms in total. The van der Waals surface area contributed by atoms with Crippen molar-refractivity contribution >= 4 is 0 Å². The van der Waals surface area contributed by atoms with Crippen LogP contribution in [0.2, 0.25) is 0 Å². The van der Waals surface area contributed by atoms with Crippen molar-refractivity contribution in [3.05, 3.63) is 0 Å². The summed E-state index contributed by atoms with van der Waals surface area (Å²) < 4.78 is 6.46. The lowest BCUT2D eigenvalue weighted by Gasteiger charge is -2.54. The van der Waals surface area contributed by atoms with E-state index in [1.165, 1.54) is 44.9 Å². The Morgan fingerprint density at radius 3 is 2.61 bits per heavy atom. The first-order valence-corrected chi connectivity index (χ1v) is 7.96. The van der Waals surface area contributed by atoms with Crippen LogP contribution in [0.1, 0.15) is 65.7 Å². The molecule has 0 saturated heterocycles. The fourth-order valence-corrected chi connectivity index (χ4v) is 3.92. The highest BCUT2D eigenvalue weighted by Gasteiger charge is 2.51. The van der Waals surface area contributed by atoms with Gasteiger partial charge in [-0.05, 0) is 38.6 Å². The topological polar surface area (TPSA) is 21.3 Å². The Bertz CT molecular complexity index is 268. The highest BCUT2D eigenvalue weighted by molar-refractivity contribution is 5.04. The first-order valence-electron chi connectivity index (χ1n) is 7.96. The molecule has 5 atom stereocenters. The molecule has 0 aliphatic heterocycles. The molecule has 2 fully saturated rings. The second-order valence-electron chi connectivity index (χ2n) is 6.62. The first-order chi connectivity index (χ1) is 8.63. The molecule has 0 aromatic carbocycles. The zero-order valence-electron chi connectivity index (χ0n) is 12.7. The number of rotatable bonds is 5. The van der Waals surface area contributed by atoms with E-state index in [1.54, 1.807) is 0 Å². The van der Waals surface area contributed by atoms with Gasteiger partial charge in [0.2, 0.25) is 0 Å². The normalized spacial score (nSPS) is 44.7. The van der Waals surface area contributed by atoms with Gasteiger partial charge in [-0.25, -0.2) is 0 Å². The van der Waals surface area contributed by atoms with Gasteiger partial charge >= 0.3 is 0 Å². The monoisotopic (exact) mass is 253 g/mol. The van der Waals surface area contributed by atoms with Gasteiger partial charge in [0, 0.05) is 11.5 Å². The van der Waals surface area contributed by atoms with E-state index in [2.05, 4.69) is 33.1 Å². The third kappa shape index (κ3) is 2.60. The lowest BCUT2D eigenvalue weighted by Crippen LogP contribution is -2.62. The Balaban J connectivity index is 1.86. The van der Waals surface area contributed by atoms with Crippen LogP contribution in [0.15, 0.2) is 0 Å². The Morgan fingerprint density at radius 2 is 2.00 bits per heavy atom. The first kappa shape index (κ1) is 14.3. The number of hydrogen-bond donors (Lipinski definition) is 1. The fraction of sp³-hybridized carbons (Fsp3) is 1.00. The summed E-state index contributed by atoms with van der Waals surface area (Å²) in [5, 5.41) is 3.45. The van der Waals surface area contributed by atoms with Gasteiger partial charge in [0.1, 0.15) is 0 Å². The second kappa shape index (κ2) is 5.92. The van der Waals surface area contributed by atoms with Gasteiger partial charge < -0.3 is 10.1 Å². The molecule has 0 heterocycles. The van der Waals surface area contributed by atoms with Crippen LogP contribution < -0.4 is 5.32 Å². The van der Waals surface area contributed by atoms with Crippen molar-refractivity contribution in [3.63, 3.8) is 0 Å². The summed E-state index contributed by atoms with van der Waals surface area (Å²) in [4.78, 5) is 0. The molecular weight excluding hydrogens is 222 g/mol. The summed E-state index contributed by atoms with van der Waals surface area (Å²) in [6.45, 7) is 7.02. The van der Waals surface area contributed by atoms with Crippen molar-refractivity contribution in [2.24, 2.45) is 11.3 Å². The molecule has 0 radical (unpaired) electrons. The van der Waals surface area contributed by atoms with Crippen LogP contribution in [0.25, 0.3) is 0 Å². The molecule has 2 aliphatic carbocycles. The van der Waals surface area contributed by atoms with Crippen molar-refractivity contribution in [2.75, 3.05) is 7.05 Å². The average molecular weight is 253 g/mol.